The first-order valence-corrected chi connectivity index (χ1v) is 6.69. The van der Waals surface area contributed by atoms with Gasteiger partial charge in [0.25, 0.3) is 5.91 Å². The first-order chi connectivity index (χ1) is 9.26. The van der Waals surface area contributed by atoms with Crippen LogP contribution in [0.5, 0.6) is 5.75 Å². The highest BCUT2D eigenvalue weighted by atomic mass is 16.5. The van der Waals surface area contributed by atoms with E-state index in [2.05, 4.69) is 10.6 Å². The van der Waals surface area contributed by atoms with Gasteiger partial charge in [-0.2, -0.15) is 0 Å². The van der Waals surface area contributed by atoms with Gasteiger partial charge in [0.1, 0.15) is 5.75 Å². The molecule has 5 nitrogen and oxygen atoms in total. The lowest BCUT2D eigenvalue weighted by Gasteiger charge is -2.08. The zero-order chi connectivity index (χ0) is 13.9. The summed E-state index contributed by atoms with van der Waals surface area (Å²) in [6.07, 6.45) is 1.87. The Bertz CT molecular complexity index is 365. The van der Waals surface area contributed by atoms with E-state index in [1.165, 1.54) is 0 Å². The summed E-state index contributed by atoms with van der Waals surface area (Å²) in [5.74, 6) is 0.600. The number of hydrogen-bond acceptors (Lipinski definition) is 4. The molecule has 1 amide bonds. The van der Waals surface area contributed by atoms with Crippen molar-refractivity contribution >= 4 is 11.6 Å². The predicted molar refractivity (Wildman–Crippen MR) is 77.4 cm³/mol. The Hall–Kier alpha value is -1.75. The number of rotatable bonds is 9. The molecule has 0 heterocycles. The maximum absolute atomic E-state index is 11.4. The molecule has 0 radical (unpaired) electrons. The minimum atomic E-state index is -0.0907. The predicted octanol–water partition coefficient (Wildman–Crippen LogP) is 1.35. The molecule has 5 heteroatoms. The van der Waals surface area contributed by atoms with E-state index in [0.29, 0.717) is 18.8 Å². The van der Waals surface area contributed by atoms with Gasteiger partial charge in [-0.1, -0.05) is 6.92 Å². The van der Waals surface area contributed by atoms with E-state index < -0.39 is 0 Å². The highest BCUT2D eigenvalue weighted by molar-refractivity contribution is 5.77. The van der Waals surface area contributed by atoms with Gasteiger partial charge in [-0.15, -0.1) is 0 Å². The van der Waals surface area contributed by atoms with Crippen molar-refractivity contribution in [3.63, 3.8) is 0 Å². The monoisotopic (exact) mass is 265 g/mol. The summed E-state index contributed by atoms with van der Waals surface area (Å²) in [5.41, 5.74) is 6.45. The zero-order valence-corrected chi connectivity index (χ0v) is 11.4. The fraction of sp³-hybridized carbons (Fsp3) is 0.500. The summed E-state index contributed by atoms with van der Waals surface area (Å²) < 4.78 is 5.39. The Morgan fingerprint density at radius 1 is 1.26 bits per heavy atom. The Kier molecular flexibility index (Phi) is 7.43. The third-order valence-corrected chi connectivity index (χ3v) is 2.51. The summed E-state index contributed by atoms with van der Waals surface area (Å²) in [7, 11) is 0. The fourth-order valence-electron chi connectivity index (χ4n) is 1.47. The fourth-order valence-corrected chi connectivity index (χ4v) is 1.47. The molecule has 0 atom stereocenters. The number of nitrogens with one attached hydrogen (secondary N) is 2. The van der Waals surface area contributed by atoms with Gasteiger partial charge in [0.05, 0.1) is 0 Å². The Labute approximate surface area is 114 Å². The van der Waals surface area contributed by atoms with Gasteiger partial charge in [-0.05, 0) is 43.7 Å². The summed E-state index contributed by atoms with van der Waals surface area (Å²) in [6, 6.07) is 7.54. The molecule has 0 fully saturated rings. The van der Waals surface area contributed by atoms with Crippen molar-refractivity contribution in [1.82, 2.24) is 5.32 Å². The third kappa shape index (κ3) is 6.67. The van der Waals surface area contributed by atoms with E-state index in [9.17, 15) is 4.79 Å². The molecule has 19 heavy (non-hydrogen) atoms. The molecule has 106 valence electrons. The van der Waals surface area contributed by atoms with E-state index in [1.54, 1.807) is 0 Å². The first kappa shape index (κ1) is 15.3. The quantitative estimate of drug-likeness (QED) is 0.589. The molecular formula is C14H23N3O2. The van der Waals surface area contributed by atoms with Crippen molar-refractivity contribution < 1.29 is 9.53 Å². The van der Waals surface area contributed by atoms with E-state index in [1.807, 2.05) is 31.2 Å². The van der Waals surface area contributed by atoms with Crippen LogP contribution in [-0.2, 0) is 4.79 Å². The van der Waals surface area contributed by atoms with Crippen LogP contribution in [0.15, 0.2) is 24.3 Å². The highest BCUT2D eigenvalue weighted by Crippen LogP contribution is 2.15. The molecule has 0 unspecified atom stereocenters. The molecule has 0 saturated carbocycles. The first-order valence-electron chi connectivity index (χ1n) is 6.69. The number of anilines is 1. The van der Waals surface area contributed by atoms with Crippen molar-refractivity contribution in [3.05, 3.63) is 24.3 Å². The Morgan fingerprint density at radius 2 is 2.00 bits per heavy atom. The normalized spacial score (nSPS) is 10.0. The Morgan fingerprint density at radius 3 is 2.63 bits per heavy atom. The SMILES string of the molecule is CCCNC(=O)COc1ccc(NCCCN)cc1. The molecule has 4 N–H and O–H groups in total. The summed E-state index contributed by atoms with van der Waals surface area (Å²) in [4.78, 5) is 11.4. The molecule has 1 rings (SSSR count). The van der Waals surface area contributed by atoms with Crippen LogP contribution in [0.3, 0.4) is 0 Å². The molecule has 0 aliphatic carbocycles. The molecule has 1 aromatic rings. The minimum Gasteiger partial charge on any atom is -0.484 e. The van der Waals surface area contributed by atoms with Gasteiger partial charge >= 0.3 is 0 Å². The van der Waals surface area contributed by atoms with Gasteiger partial charge < -0.3 is 21.1 Å². The number of nitrogens with two attached hydrogens (primary N) is 1. The largest absolute Gasteiger partial charge is 0.484 e. The molecule has 0 aliphatic rings. The second-order valence-electron chi connectivity index (χ2n) is 4.23. The number of amides is 1. The average Bonchev–Trinajstić information content (AvgIpc) is 2.44. The molecule has 1 aromatic carbocycles. The topological polar surface area (TPSA) is 76.4 Å². The van der Waals surface area contributed by atoms with Gasteiger partial charge in [-0.3, -0.25) is 4.79 Å². The van der Waals surface area contributed by atoms with Crippen molar-refractivity contribution in [1.29, 1.82) is 0 Å². The second kappa shape index (κ2) is 9.22. The molecular weight excluding hydrogens is 242 g/mol. The number of carbonyl (C=O) groups excluding carboxylic acids is 1. The van der Waals surface area contributed by atoms with Crippen molar-refractivity contribution in [2.24, 2.45) is 5.73 Å². The third-order valence-electron chi connectivity index (χ3n) is 2.51. The van der Waals surface area contributed by atoms with E-state index >= 15 is 0 Å². The van der Waals surface area contributed by atoms with Crippen LogP contribution in [0.1, 0.15) is 19.8 Å². The molecule has 0 aromatic heterocycles. The van der Waals surface area contributed by atoms with Crippen LogP contribution in [0.2, 0.25) is 0 Å². The summed E-state index contributed by atoms with van der Waals surface area (Å²) in [5, 5.41) is 6.01. The molecule has 0 saturated heterocycles. The lowest BCUT2D eigenvalue weighted by atomic mass is 10.3. The van der Waals surface area contributed by atoms with Crippen LogP contribution in [0.4, 0.5) is 5.69 Å². The minimum absolute atomic E-state index is 0.0555. The van der Waals surface area contributed by atoms with Gasteiger partial charge in [0, 0.05) is 18.8 Å². The van der Waals surface area contributed by atoms with E-state index in [4.69, 9.17) is 10.5 Å². The number of hydrogen-bond donors (Lipinski definition) is 3. The molecule has 0 aliphatic heterocycles. The van der Waals surface area contributed by atoms with Crippen molar-refractivity contribution in [2.45, 2.75) is 19.8 Å². The summed E-state index contributed by atoms with van der Waals surface area (Å²) in [6.45, 7) is 4.29. The lowest BCUT2D eigenvalue weighted by Crippen LogP contribution is -2.29. The maximum Gasteiger partial charge on any atom is 0.257 e. The number of carbonyl (C=O) groups is 1. The summed E-state index contributed by atoms with van der Waals surface area (Å²) >= 11 is 0. The maximum atomic E-state index is 11.4. The zero-order valence-electron chi connectivity index (χ0n) is 11.4. The number of benzene rings is 1. The van der Waals surface area contributed by atoms with Gasteiger partial charge in [0.2, 0.25) is 0 Å². The molecule has 0 bridgehead atoms. The average molecular weight is 265 g/mol. The van der Waals surface area contributed by atoms with Gasteiger partial charge in [-0.25, -0.2) is 0 Å². The van der Waals surface area contributed by atoms with Crippen molar-refractivity contribution in [2.75, 3.05) is 31.6 Å². The van der Waals surface area contributed by atoms with Crippen LogP contribution in [0.25, 0.3) is 0 Å². The Balaban J connectivity index is 2.29. The standard InChI is InChI=1S/C14H23N3O2/c1-2-9-17-14(18)11-19-13-6-4-12(5-7-13)16-10-3-8-15/h4-7,16H,2-3,8-11,15H2,1H3,(H,17,18). The van der Waals surface area contributed by atoms with Crippen LogP contribution in [-0.4, -0.2) is 32.1 Å². The van der Waals surface area contributed by atoms with Gasteiger partial charge in [0.15, 0.2) is 6.61 Å². The van der Waals surface area contributed by atoms with E-state index in [-0.39, 0.29) is 12.5 Å². The molecule has 0 spiro atoms. The van der Waals surface area contributed by atoms with Crippen LogP contribution < -0.4 is 21.1 Å². The highest BCUT2D eigenvalue weighted by Gasteiger charge is 2.01. The van der Waals surface area contributed by atoms with Crippen LogP contribution in [0, 0.1) is 0 Å². The van der Waals surface area contributed by atoms with E-state index in [0.717, 1.165) is 25.1 Å². The van der Waals surface area contributed by atoms with Crippen LogP contribution >= 0.6 is 0 Å². The number of ether oxygens (including phenoxy) is 1. The lowest BCUT2D eigenvalue weighted by molar-refractivity contribution is -0.123. The second-order valence-corrected chi connectivity index (χ2v) is 4.23. The van der Waals surface area contributed by atoms with Crippen molar-refractivity contribution in [3.8, 4) is 5.75 Å². The smallest absolute Gasteiger partial charge is 0.257 e.